The van der Waals surface area contributed by atoms with E-state index in [2.05, 4.69) is 18.2 Å². The van der Waals surface area contributed by atoms with E-state index in [1.54, 1.807) is 19.9 Å². The summed E-state index contributed by atoms with van der Waals surface area (Å²) in [6, 6.07) is 1.58. The van der Waals surface area contributed by atoms with Crippen molar-refractivity contribution in [3.8, 4) is 12.3 Å². The molecule has 1 aromatic heterocycles. The molecule has 1 rings (SSSR count). The second-order valence-electron chi connectivity index (χ2n) is 4.45. The van der Waals surface area contributed by atoms with Gasteiger partial charge in [-0.3, -0.25) is 0 Å². The molecule has 0 bridgehead atoms. The third-order valence-electron chi connectivity index (χ3n) is 2.89. The molecule has 0 aromatic carbocycles. The number of nitrogens with one attached hydrogen (secondary N) is 1. The number of rotatable bonds is 8. The maximum absolute atomic E-state index is 12.5. The van der Waals surface area contributed by atoms with Crippen molar-refractivity contribution in [2.75, 3.05) is 19.6 Å². The molecule has 1 aromatic rings. The Balaban J connectivity index is 2.98. The van der Waals surface area contributed by atoms with Gasteiger partial charge in [0.05, 0.1) is 13.1 Å². The summed E-state index contributed by atoms with van der Waals surface area (Å²) >= 11 is 0. The molecule has 0 spiro atoms. The van der Waals surface area contributed by atoms with Gasteiger partial charge in [-0.05, 0) is 19.9 Å². The van der Waals surface area contributed by atoms with Crippen LogP contribution in [0, 0.1) is 19.3 Å². The normalized spacial score (nSPS) is 11.8. The van der Waals surface area contributed by atoms with E-state index in [0.717, 1.165) is 13.0 Å². The number of terminal acetylenes is 1. The lowest BCUT2D eigenvalue weighted by molar-refractivity contribution is 0.447. The number of hydrogen-bond acceptors (Lipinski definition) is 4. The standard InChI is InChI=1S/C14H22N2O3S/c1-5-8-15-11-13-10-14(12(4)19-13)20(17,18)16(7-3)9-6-2/h2,10,15H,5,7-9,11H2,1,3-4H3. The summed E-state index contributed by atoms with van der Waals surface area (Å²) in [7, 11) is -3.58. The smallest absolute Gasteiger partial charge is 0.247 e. The summed E-state index contributed by atoms with van der Waals surface area (Å²) in [5.74, 6) is 3.38. The van der Waals surface area contributed by atoms with Crippen LogP contribution < -0.4 is 5.32 Å². The van der Waals surface area contributed by atoms with Gasteiger partial charge >= 0.3 is 0 Å². The zero-order valence-electron chi connectivity index (χ0n) is 12.3. The Morgan fingerprint density at radius 2 is 2.15 bits per heavy atom. The first kappa shape index (κ1) is 16.8. The van der Waals surface area contributed by atoms with E-state index in [1.807, 2.05) is 0 Å². The monoisotopic (exact) mass is 298 g/mol. The van der Waals surface area contributed by atoms with Crippen LogP contribution >= 0.6 is 0 Å². The maximum Gasteiger partial charge on any atom is 0.247 e. The van der Waals surface area contributed by atoms with E-state index < -0.39 is 10.0 Å². The van der Waals surface area contributed by atoms with E-state index in [9.17, 15) is 8.42 Å². The van der Waals surface area contributed by atoms with Crippen LogP contribution in [0.1, 0.15) is 31.8 Å². The Bertz CT molecular complexity index is 570. The quantitative estimate of drug-likeness (QED) is 0.586. The molecule has 0 saturated heterocycles. The molecule has 0 radical (unpaired) electrons. The highest BCUT2D eigenvalue weighted by Gasteiger charge is 2.27. The minimum absolute atomic E-state index is 0.0624. The van der Waals surface area contributed by atoms with Crippen molar-refractivity contribution >= 4 is 10.0 Å². The van der Waals surface area contributed by atoms with E-state index in [0.29, 0.717) is 24.6 Å². The molecule has 20 heavy (non-hydrogen) atoms. The Labute approximate surface area is 121 Å². The van der Waals surface area contributed by atoms with E-state index in [1.165, 1.54) is 4.31 Å². The van der Waals surface area contributed by atoms with Crippen molar-refractivity contribution in [3.05, 3.63) is 17.6 Å². The fraction of sp³-hybridized carbons (Fsp3) is 0.571. The fourth-order valence-corrected chi connectivity index (χ4v) is 3.41. The topological polar surface area (TPSA) is 62.6 Å². The Kier molecular flexibility index (Phi) is 6.27. The first-order valence-corrected chi connectivity index (χ1v) is 8.15. The lowest BCUT2D eigenvalue weighted by Gasteiger charge is -2.16. The molecule has 0 aliphatic heterocycles. The highest BCUT2D eigenvalue weighted by atomic mass is 32.2. The van der Waals surface area contributed by atoms with Gasteiger partial charge in [-0.25, -0.2) is 8.42 Å². The molecule has 6 heteroatoms. The predicted molar refractivity (Wildman–Crippen MR) is 78.7 cm³/mol. The number of sulfonamides is 1. The molecule has 1 heterocycles. The van der Waals surface area contributed by atoms with Crippen LogP contribution in [0.5, 0.6) is 0 Å². The molecule has 5 nitrogen and oxygen atoms in total. The second kappa shape index (κ2) is 7.48. The van der Waals surface area contributed by atoms with Gasteiger partial charge in [-0.1, -0.05) is 19.8 Å². The van der Waals surface area contributed by atoms with Gasteiger partial charge in [0, 0.05) is 12.6 Å². The summed E-state index contributed by atoms with van der Waals surface area (Å²) in [4.78, 5) is 0.197. The predicted octanol–water partition coefficient (Wildman–Crippen LogP) is 1.73. The Morgan fingerprint density at radius 3 is 2.70 bits per heavy atom. The molecule has 0 atom stereocenters. The minimum atomic E-state index is -3.58. The van der Waals surface area contributed by atoms with E-state index in [-0.39, 0.29) is 11.4 Å². The SMILES string of the molecule is C#CCN(CC)S(=O)(=O)c1cc(CNCCC)oc1C. The van der Waals surface area contributed by atoms with Crippen LogP contribution in [0.2, 0.25) is 0 Å². The van der Waals surface area contributed by atoms with Crippen LogP contribution in [0.15, 0.2) is 15.4 Å². The summed E-state index contributed by atoms with van der Waals surface area (Å²) in [5.41, 5.74) is 0. The summed E-state index contributed by atoms with van der Waals surface area (Å²) < 4.78 is 31.7. The maximum atomic E-state index is 12.5. The largest absolute Gasteiger partial charge is 0.464 e. The third kappa shape index (κ3) is 3.85. The molecule has 112 valence electrons. The van der Waals surface area contributed by atoms with Gasteiger partial charge in [0.1, 0.15) is 16.4 Å². The van der Waals surface area contributed by atoms with Crippen LogP contribution in [-0.4, -0.2) is 32.4 Å². The highest BCUT2D eigenvalue weighted by molar-refractivity contribution is 7.89. The zero-order valence-corrected chi connectivity index (χ0v) is 13.1. The number of furan rings is 1. The Morgan fingerprint density at radius 1 is 1.45 bits per heavy atom. The van der Waals surface area contributed by atoms with Gasteiger partial charge in [0.15, 0.2) is 0 Å². The average Bonchev–Trinajstić information content (AvgIpc) is 2.78. The number of nitrogens with zero attached hydrogens (tertiary/aromatic N) is 1. The molecule has 0 fully saturated rings. The third-order valence-corrected chi connectivity index (χ3v) is 4.92. The lowest BCUT2D eigenvalue weighted by atomic mass is 10.4. The van der Waals surface area contributed by atoms with Crippen molar-refractivity contribution in [1.82, 2.24) is 9.62 Å². The van der Waals surface area contributed by atoms with Crippen LogP contribution in [-0.2, 0) is 16.6 Å². The second-order valence-corrected chi connectivity index (χ2v) is 6.35. The van der Waals surface area contributed by atoms with Gasteiger partial charge in [-0.2, -0.15) is 4.31 Å². The first-order valence-electron chi connectivity index (χ1n) is 6.71. The minimum Gasteiger partial charge on any atom is -0.464 e. The Hall–Kier alpha value is -1.29. The van der Waals surface area contributed by atoms with Gasteiger partial charge in [0.25, 0.3) is 0 Å². The highest BCUT2D eigenvalue weighted by Crippen LogP contribution is 2.23. The van der Waals surface area contributed by atoms with Crippen molar-refractivity contribution in [2.45, 2.75) is 38.6 Å². The molecule has 0 amide bonds. The van der Waals surface area contributed by atoms with Crippen molar-refractivity contribution in [1.29, 1.82) is 0 Å². The van der Waals surface area contributed by atoms with Crippen LogP contribution in [0.3, 0.4) is 0 Å². The van der Waals surface area contributed by atoms with E-state index in [4.69, 9.17) is 10.8 Å². The number of hydrogen-bond donors (Lipinski definition) is 1. The molecule has 0 aliphatic carbocycles. The van der Waals surface area contributed by atoms with Gasteiger partial charge < -0.3 is 9.73 Å². The molecule has 0 aliphatic rings. The van der Waals surface area contributed by atoms with Crippen LogP contribution in [0.25, 0.3) is 0 Å². The van der Waals surface area contributed by atoms with Crippen molar-refractivity contribution < 1.29 is 12.8 Å². The fourth-order valence-electron chi connectivity index (χ4n) is 1.86. The average molecular weight is 298 g/mol. The number of aryl methyl sites for hydroxylation is 1. The lowest BCUT2D eigenvalue weighted by Crippen LogP contribution is -2.31. The molecular formula is C14H22N2O3S. The van der Waals surface area contributed by atoms with Gasteiger partial charge in [-0.15, -0.1) is 6.42 Å². The van der Waals surface area contributed by atoms with Crippen molar-refractivity contribution in [3.63, 3.8) is 0 Å². The summed E-state index contributed by atoms with van der Waals surface area (Å²) in [6.07, 6.45) is 6.23. The summed E-state index contributed by atoms with van der Waals surface area (Å²) in [6.45, 7) is 7.25. The molecule has 1 N–H and O–H groups in total. The van der Waals surface area contributed by atoms with Crippen LogP contribution in [0.4, 0.5) is 0 Å². The van der Waals surface area contributed by atoms with E-state index >= 15 is 0 Å². The molecule has 0 saturated carbocycles. The zero-order chi connectivity index (χ0) is 15.2. The summed E-state index contributed by atoms with van der Waals surface area (Å²) in [5, 5.41) is 3.18. The van der Waals surface area contributed by atoms with Gasteiger partial charge in [0.2, 0.25) is 10.0 Å². The first-order chi connectivity index (χ1) is 9.47. The van der Waals surface area contributed by atoms with Crippen molar-refractivity contribution in [2.24, 2.45) is 0 Å². The molecule has 0 unspecified atom stereocenters. The molecular weight excluding hydrogens is 276 g/mol.